The molecule has 36 heavy (non-hydrogen) atoms. The largest absolute Gasteiger partial charge is 0.755 e. The van der Waals surface area contributed by atoms with Gasteiger partial charge in [-0.1, -0.05) is 0 Å². The molecule has 0 aliphatic carbocycles. The summed E-state index contributed by atoms with van der Waals surface area (Å²) in [6.07, 6.45) is 0.0505. The van der Waals surface area contributed by atoms with Gasteiger partial charge >= 0.3 is 0 Å². The van der Waals surface area contributed by atoms with Gasteiger partial charge in [-0.25, -0.2) is 14.4 Å². The van der Waals surface area contributed by atoms with Gasteiger partial charge in [-0.15, -0.1) is 0 Å². The van der Waals surface area contributed by atoms with Gasteiger partial charge in [0.2, 0.25) is 0 Å². The summed E-state index contributed by atoms with van der Waals surface area (Å²) in [6.45, 7) is 3.93. The van der Waals surface area contributed by atoms with Crippen LogP contribution in [-0.4, -0.2) is 49.7 Å². The molecule has 0 bridgehead atoms. The SMILES string of the molecule is CC1(C)OCC(CCN(c2cc(C(N)=O)nc(-c3ccc(Oc4ccc(F)cc4)cc3)n2)S(=O)[O-])O1. The van der Waals surface area contributed by atoms with Crippen molar-refractivity contribution in [1.82, 2.24) is 9.97 Å². The molecule has 10 nitrogen and oxygen atoms in total. The average Bonchev–Trinajstić information content (AvgIpc) is 3.19. The van der Waals surface area contributed by atoms with E-state index < -0.39 is 23.0 Å². The second-order valence-electron chi connectivity index (χ2n) is 8.44. The number of carbonyl (C=O) groups is 1. The third-order valence-electron chi connectivity index (χ3n) is 5.28. The molecule has 1 amide bonds. The first kappa shape index (κ1) is 25.6. The molecule has 0 spiro atoms. The van der Waals surface area contributed by atoms with Crippen LogP contribution in [0.3, 0.4) is 0 Å². The molecule has 1 fully saturated rings. The van der Waals surface area contributed by atoms with Crippen molar-refractivity contribution >= 4 is 23.0 Å². The first-order chi connectivity index (χ1) is 17.1. The van der Waals surface area contributed by atoms with E-state index in [0.717, 1.165) is 4.31 Å². The van der Waals surface area contributed by atoms with E-state index in [9.17, 15) is 17.9 Å². The monoisotopic (exact) mass is 515 g/mol. The molecule has 2 aromatic carbocycles. The van der Waals surface area contributed by atoms with E-state index in [1.54, 1.807) is 38.1 Å². The van der Waals surface area contributed by atoms with Gasteiger partial charge in [0.1, 0.15) is 28.8 Å². The highest BCUT2D eigenvalue weighted by Gasteiger charge is 2.32. The number of nitrogens with zero attached hydrogens (tertiary/aromatic N) is 3. The van der Waals surface area contributed by atoms with E-state index in [1.807, 2.05) is 0 Å². The molecule has 2 heterocycles. The minimum atomic E-state index is -2.69. The van der Waals surface area contributed by atoms with Crippen LogP contribution in [0.15, 0.2) is 54.6 Å². The van der Waals surface area contributed by atoms with Gasteiger partial charge < -0.3 is 24.5 Å². The van der Waals surface area contributed by atoms with Crippen molar-refractivity contribution in [2.45, 2.75) is 32.2 Å². The maximum Gasteiger partial charge on any atom is 0.267 e. The van der Waals surface area contributed by atoms with Crippen molar-refractivity contribution in [3.63, 3.8) is 0 Å². The predicted molar refractivity (Wildman–Crippen MR) is 128 cm³/mol. The van der Waals surface area contributed by atoms with E-state index in [-0.39, 0.29) is 35.8 Å². The molecule has 1 saturated heterocycles. The Morgan fingerprint density at radius 3 is 2.39 bits per heavy atom. The summed E-state index contributed by atoms with van der Waals surface area (Å²) >= 11 is -2.69. The third-order valence-corrected chi connectivity index (χ3v) is 6.01. The molecule has 0 radical (unpaired) electrons. The fraction of sp³-hybridized carbons (Fsp3) is 0.292. The van der Waals surface area contributed by atoms with Gasteiger partial charge in [0, 0.05) is 29.4 Å². The standard InChI is InChI=1S/C24H25FN4O6S/c1-24(2)33-14-19(35-24)11-12-29(36(31)32)21-13-20(22(26)30)27-23(28-21)15-3-7-17(8-4-15)34-18-9-5-16(25)6-10-18/h3-10,13,19H,11-12,14H2,1-2H3,(H2,26,30)(H,31,32)/p-1. The van der Waals surface area contributed by atoms with E-state index in [2.05, 4.69) is 9.97 Å². The number of rotatable bonds is 9. The lowest BCUT2D eigenvalue weighted by Gasteiger charge is -2.27. The molecule has 2 unspecified atom stereocenters. The van der Waals surface area contributed by atoms with Gasteiger partial charge in [0.15, 0.2) is 11.6 Å². The molecule has 3 aromatic rings. The topological polar surface area (TPSA) is 140 Å². The lowest BCUT2D eigenvalue weighted by Crippen LogP contribution is -2.31. The van der Waals surface area contributed by atoms with Gasteiger partial charge in [0.25, 0.3) is 5.91 Å². The molecule has 2 atom stereocenters. The number of nitrogens with two attached hydrogens (primary N) is 1. The Morgan fingerprint density at radius 2 is 1.83 bits per heavy atom. The van der Waals surface area contributed by atoms with Gasteiger partial charge in [-0.05, 0) is 68.8 Å². The maximum absolute atomic E-state index is 13.1. The lowest BCUT2D eigenvalue weighted by molar-refractivity contribution is -0.138. The molecular weight excluding hydrogens is 491 g/mol. The zero-order valence-corrected chi connectivity index (χ0v) is 20.4. The number of carbonyl (C=O) groups excluding carboxylic acids is 1. The van der Waals surface area contributed by atoms with Crippen molar-refractivity contribution in [1.29, 1.82) is 0 Å². The number of halogens is 1. The molecule has 1 aliphatic heterocycles. The number of hydrogen-bond acceptors (Lipinski definition) is 8. The van der Waals surface area contributed by atoms with Crippen molar-refractivity contribution in [3.8, 4) is 22.9 Å². The number of anilines is 1. The second kappa shape index (κ2) is 10.7. The molecule has 1 aliphatic rings. The second-order valence-corrected chi connectivity index (χ2v) is 9.31. The number of amides is 1. The van der Waals surface area contributed by atoms with Crippen molar-refractivity contribution in [3.05, 3.63) is 66.1 Å². The summed E-state index contributed by atoms with van der Waals surface area (Å²) in [6, 6.07) is 13.4. The Kier molecular flexibility index (Phi) is 7.59. The molecule has 4 rings (SSSR count). The molecule has 12 heteroatoms. The Labute approximate surface area is 209 Å². The van der Waals surface area contributed by atoms with Crippen LogP contribution >= 0.6 is 0 Å². The Balaban J connectivity index is 1.56. The fourth-order valence-electron chi connectivity index (χ4n) is 3.56. The highest BCUT2D eigenvalue weighted by atomic mass is 32.2. The number of benzene rings is 2. The minimum absolute atomic E-state index is 0.00746. The summed E-state index contributed by atoms with van der Waals surface area (Å²) in [5.74, 6) is -0.922. The summed E-state index contributed by atoms with van der Waals surface area (Å²) in [5, 5.41) is 0. The minimum Gasteiger partial charge on any atom is -0.755 e. The Morgan fingerprint density at radius 1 is 1.19 bits per heavy atom. The van der Waals surface area contributed by atoms with Crippen LogP contribution in [0.1, 0.15) is 30.8 Å². The van der Waals surface area contributed by atoms with Gasteiger partial charge in [0.05, 0.1) is 12.7 Å². The molecule has 2 N–H and O–H groups in total. The number of ether oxygens (including phenoxy) is 3. The lowest BCUT2D eigenvalue weighted by atomic mass is 10.2. The molecule has 0 saturated carbocycles. The highest BCUT2D eigenvalue weighted by Crippen LogP contribution is 2.28. The van der Waals surface area contributed by atoms with Crippen molar-refractivity contribution in [2.24, 2.45) is 5.73 Å². The van der Waals surface area contributed by atoms with Crippen LogP contribution < -0.4 is 14.8 Å². The molecule has 190 valence electrons. The van der Waals surface area contributed by atoms with Crippen LogP contribution in [0.5, 0.6) is 11.5 Å². The Hall–Kier alpha value is -3.45. The fourth-order valence-corrected chi connectivity index (χ4v) is 4.06. The maximum atomic E-state index is 13.1. The summed E-state index contributed by atoms with van der Waals surface area (Å²) < 4.78 is 55.1. The summed E-state index contributed by atoms with van der Waals surface area (Å²) in [7, 11) is 0. The molecular formula is C24H24FN4O6S-. The van der Waals surface area contributed by atoms with E-state index >= 15 is 0 Å². The smallest absolute Gasteiger partial charge is 0.267 e. The van der Waals surface area contributed by atoms with Crippen LogP contribution in [0, 0.1) is 5.82 Å². The summed E-state index contributed by atoms with van der Waals surface area (Å²) in [5.41, 5.74) is 5.80. The van der Waals surface area contributed by atoms with E-state index in [1.165, 1.54) is 30.3 Å². The first-order valence-corrected chi connectivity index (χ1v) is 12.0. The quantitative estimate of drug-likeness (QED) is 0.428. The zero-order chi connectivity index (χ0) is 25.9. The van der Waals surface area contributed by atoms with Crippen LogP contribution in [0.4, 0.5) is 10.2 Å². The third kappa shape index (κ3) is 6.40. The van der Waals surface area contributed by atoms with Gasteiger partial charge in [-0.2, -0.15) is 0 Å². The normalized spacial score (nSPS) is 17.5. The van der Waals surface area contributed by atoms with E-state index in [0.29, 0.717) is 30.1 Å². The number of aromatic nitrogens is 2. The van der Waals surface area contributed by atoms with E-state index in [4.69, 9.17) is 19.9 Å². The number of hydrogen-bond donors (Lipinski definition) is 1. The number of primary amides is 1. The predicted octanol–water partition coefficient (Wildman–Crippen LogP) is 3.32. The van der Waals surface area contributed by atoms with Crippen LogP contribution in [0.2, 0.25) is 0 Å². The van der Waals surface area contributed by atoms with Crippen LogP contribution in [0.25, 0.3) is 11.4 Å². The molecule has 1 aromatic heterocycles. The van der Waals surface area contributed by atoms with Gasteiger partial charge in [-0.3, -0.25) is 13.3 Å². The highest BCUT2D eigenvalue weighted by molar-refractivity contribution is 7.80. The van der Waals surface area contributed by atoms with Crippen molar-refractivity contribution in [2.75, 3.05) is 17.5 Å². The first-order valence-electron chi connectivity index (χ1n) is 11.0. The van der Waals surface area contributed by atoms with Crippen LogP contribution in [-0.2, 0) is 20.7 Å². The summed E-state index contributed by atoms with van der Waals surface area (Å²) in [4.78, 5) is 20.5. The average molecular weight is 516 g/mol. The Bertz CT molecular complexity index is 1260. The van der Waals surface area contributed by atoms with Crippen molar-refractivity contribution < 1.29 is 32.2 Å². The zero-order valence-electron chi connectivity index (χ0n) is 19.5.